The molecule has 1 saturated carbocycles. The number of likely N-dealkylation sites (N-methyl/N-ethyl adjacent to an activating group) is 2. The summed E-state index contributed by atoms with van der Waals surface area (Å²) < 4.78 is 0. The minimum Gasteiger partial charge on any atom is -0.342 e. The maximum Gasteiger partial charge on any atom is 0.236 e. The molecule has 0 aliphatic heterocycles. The van der Waals surface area contributed by atoms with Gasteiger partial charge in [-0.2, -0.15) is 0 Å². The zero-order valence-corrected chi connectivity index (χ0v) is 10.1. The third-order valence-electron chi connectivity index (χ3n) is 3.13. The van der Waals surface area contributed by atoms with Crippen LogP contribution in [0.3, 0.4) is 0 Å². The van der Waals surface area contributed by atoms with Crippen molar-refractivity contribution in [2.75, 3.05) is 27.7 Å². The second-order valence-electron chi connectivity index (χ2n) is 4.81. The first-order valence-electron chi connectivity index (χ1n) is 5.66. The van der Waals surface area contributed by atoms with E-state index < -0.39 is 0 Å². The Hall–Kier alpha value is -0.610. The lowest BCUT2D eigenvalue weighted by atomic mass is 9.91. The highest BCUT2D eigenvalue weighted by atomic mass is 16.2. The van der Waals surface area contributed by atoms with Crippen molar-refractivity contribution in [3.05, 3.63) is 0 Å². The van der Waals surface area contributed by atoms with Gasteiger partial charge in [0, 0.05) is 19.1 Å². The molecule has 0 aromatic heterocycles. The Morgan fingerprint density at radius 1 is 1.20 bits per heavy atom. The zero-order chi connectivity index (χ0) is 11.4. The summed E-state index contributed by atoms with van der Waals surface area (Å²) in [6, 6.07) is 0.746. The summed E-state index contributed by atoms with van der Waals surface area (Å²) in [5.74, 6) is 0.209. The van der Waals surface area contributed by atoms with E-state index in [1.807, 2.05) is 30.9 Å². The Labute approximate surface area is 92.4 Å². The number of carbonyl (C=O) groups excluding carboxylic acids is 1. The fourth-order valence-electron chi connectivity index (χ4n) is 2.07. The van der Waals surface area contributed by atoms with Gasteiger partial charge in [0.1, 0.15) is 0 Å². The Balaban J connectivity index is 2.39. The second-order valence-corrected chi connectivity index (χ2v) is 4.81. The molecule has 1 aliphatic rings. The summed E-state index contributed by atoms with van der Waals surface area (Å²) in [5, 5.41) is 0. The molecule has 0 saturated heterocycles. The van der Waals surface area contributed by atoms with Crippen molar-refractivity contribution < 1.29 is 4.79 Å². The van der Waals surface area contributed by atoms with E-state index in [1.54, 1.807) is 0 Å². The first-order chi connectivity index (χ1) is 7.00. The first-order valence-corrected chi connectivity index (χ1v) is 5.66. The van der Waals surface area contributed by atoms with Crippen molar-refractivity contribution >= 4 is 5.91 Å². The van der Waals surface area contributed by atoms with Crippen molar-refractivity contribution in [1.29, 1.82) is 0 Å². The summed E-state index contributed by atoms with van der Waals surface area (Å²) in [6.45, 7) is 0.499. The van der Waals surface area contributed by atoms with Crippen LogP contribution in [0.4, 0.5) is 0 Å². The number of rotatable bonds is 3. The van der Waals surface area contributed by atoms with Crippen LogP contribution in [-0.2, 0) is 4.79 Å². The molecule has 0 aromatic rings. The second kappa shape index (κ2) is 5.47. The largest absolute Gasteiger partial charge is 0.342 e. The van der Waals surface area contributed by atoms with Crippen LogP contribution >= 0.6 is 0 Å². The van der Waals surface area contributed by atoms with E-state index >= 15 is 0 Å². The molecule has 4 heteroatoms. The SMILES string of the molecule is CN(C)CC(=O)N(C)C1CCC(N)CC1. The predicted octanol–water partition coefficient (Wildman–Crippen LogP) is 0.276. The van der Waals surface area contributed by atoms with Crippen LogP contribution in [0.5, 0.6) is 0 Å². The first kappa shape index (κ1) is 12.5. The minimum absolute atomic E-state index is 0.209. The fraction of sp³-hybridized carbons (Fsp3) is 0.909. The average Bonchev–Trinajstić information content (AvgIpc) is 2.17. The van der Waals surface area contributed by atoms with Gasteiger partial charge in [-0.15, -0.1) is 0 Å². The van der Waals surface area contributed by atoms with E-state index in [0.717, 1.165) is 25.7 Å². The number of carbonyl (C=O) groups is 1. The van der Waals surface area contributed by atoms with E-state index in [4.69, 9.17) is 5.73 Å². The van der Waals surface area contributed by atoms with Gasteiger partial charge in [0.05, 0.1) is 6.54 Å². The quantitative estimate of drug-likeness (QED) is 0.732. The lowest BCUT2D eigenvalue weighted by Crippen LogP contribution is -2.44. The maximum atomic E-state index is 11.8. The highest BCUT2D eigenvalue weighted by Crippen LogP contribution is 2.21. The van der Waals surface area contributed by atoms with Gasteiger partial charge in [-0.05, 0) is 39.8 Å². The molecule has 0 bridgehead atoms. The summed E-state index contributed by atoms with van der Waals surface area (Å²) in [4.78, 5) is 15.6. The number of hydrogen-bond acceptors (Lipinski definition) is 3. The molecule has 1 amide bonds. The number of hydrogen-bond donors (Lipinski definition) is 1. The van der Waals surface area contributed by atoms with Gasteiger partial charge < -0.3 is 15.5 Å². The van der Waals surface area contributed by atoms with Crippen molar-refractivity contribution in [1.82, 2.24) is 9.80 Å². The molecule has 0 radical (unpaired) electrons. The smallest absolute Gasteiger partial charge is 0.236 e. The molecule has 1 rings (SSSR count). The van der Waals surface area contributed by atoms with E-state index in [2.05, 4.69) is 0 Å². The van der Waals surface area contributed by atoms with Gasteiger partial charge in [0.25, 0.3) is 0 Å². The zero-order valence-electron chi connectivity index (χ0n) is 10.1. The molecule has 1 fully saturated rings. The van der Waals surface area contributed by atoms with E-state index in [0.29, 0.717) is 18.6 Å². The molecule has 1 aliphatic carbocycles. The van der Waals surface area contributed by atoms with Crippen LogP contribution in [0.1, 0.15) is 25.7 Å². The van der Waals surface area contributed by atoms with E-state index in [1.165, 1.54) is 0 Å². The van der Waals surface area contributed by atoms with Crippen molar-refractivity contribution in [2.45, 2.75) is 37.8 Å². The number of amides is 1. The molecular formula is C11H23N3O. The van der Waals surface area contributed by atoms with E-state index in [9.17, 15) is 4.79 Å². The highest BCUT2D eigenvalue weighted by molar-refractivity contribution is 5.78. The molecule has 0 heterocycles. The molecule has 4 nitrogen and oxygen atoms in total. The average molecular weight is 213 g/mol. The fourth-order valence-corrected chi connectivity index (χ4v) is 2.07. The van der Waals surface area contributed by atoms with Gasteiger partial charge in [-0.1, -0.05) is 0 Å². The molecule has 0 spiro atoms. The predicted molar refractivity (Wildman–Crippen MR) is 61.6 cm³/mol. The van der Waals surface area contributed by atoms with Gasteiger partial charge in [-0.3, -0.25) is 4.79 Å². The van der Waals surface area contributed by atoms with Gasteiger partial charge >= 0.3 is 0 Å². The lowest BCUT2D eigenvalue weighted by molar-refractivity contribution is -0.133. The van der Waals surface area contributed by atoms with E-state index in [-0.39, 0.29) is 5.91 Å². The number of nitrogens with two attached hydrogens (primary N) is 1. The third-order valence-corrected chi connectivity index (χ3v) is 3.13. The summed E-state index contributed by atoms with van der Waals surface area (Å²) in [5.41, 5.74) is 5.84. The Kier molecular flexibility index (Phi) is 4.54. The Bertz CT molecular complexity index is 210. The van der Waals surface area contributed by atoms with Gasteiger partial charge in [0.2, 0.25) is 5.91 Å². The van der Waals surface area contributed by atoms with Crippen LogP contribution in [0.15, 0.2) is 0 Å². The van der Waals surface area contributed by atoms with Crippen molar-refractivity contribution in [3.8, 4) is 0 Å². The summed E-state index contributed by atoms with van der Waals surface area (Å²) in [7, 11) is 5.75. The Morgan fingerprint density at radius 2 is 1.73 bits per heavy atom. The summed E-state index contributed by atoms with van der Waals surface area (Å²) in [6.07, 6.45) is 4.20. The Morgan fingerprint density at radius 3 is 2.20 bits per heavy atom. The van der Waals surface area contributed by atoms with Crippen LogP contribution in [0.2, 0.25) is 0 Å². The number of nitrogens with zero attached hydrogens (tertiary/aromatic N) is 2. The van der Waals surface area contributed by atoms with Crippen LogP contribution in [-0.4, -0.2) is 55.5 Å². The molecule has 0 aromatic carbocycles. The molecule has 0 atom stereocenters. The van der Waals surface area contributed by atoms with Crippen LogP contribution in [0, 0.1) is 0 Å². The molecule has 0 unspecified atom stereocenters. The van der Waals surface area contributed by atoms with Crippen molar-refractivity contribution in [2.24, 2.45) is 5.73 Å². The normalized spacial score (nSPS) is 26.7. The minimum atomic E-state index is 0.209. The topological polar surface area (TPSA) is 49.6 Å². The van der Waals surface area contributed by atoms with Crippen molar-refractivity contribution in [3.63, 3.8) is 0 Å². The molecule has 88 valence electrons. The third kappa shape index (κ3) is 3.80. The summed E-state index contributed by atoms with van der Waals surface area (Å²) >= 11 is 0. The maximum absolute atomic E-state index is 11.8. The standard InChI is InChI=1S/C11H23N3O/c1-13(2)8-11(15)14(3)10-6-4-9(12)5-7-10/h9-10H,4-8,12H2,1-3H3. The monoisotopic (exact) mass is 213 g/mol. The van der Waals surface area contributed by atoms with Gasteiger partial charge in [-0.25, -0.2) is 0 Å². The van der Waals surface area contributed by atoms with Crippen LogP contribution in [0.25, 0.3) is 0 Å². The molecule has 2 N–H and O–H groups in total. The van der Waals surface area contributed by atoms with Gasteiger partial charge in [0.15, 0.2) is 0 Å². The van der Waals surface area contributed by atoms with Crippen LogP contribution < -0.4 is 5.73 Å². The lowest BCUT2D eigenvalue weighted by Gasteiger charge is -2.34. The highest BCUT2D eigenvalue weighted by Gasteiger charge is 2.24. The molecule has 15 heavy (non-hydrogen) atoms. The molecular weight excluding hydrogens is 190 g/mol.